The number of carbonyl (C=O) groups excluding carboxylic acids is 3. The summed E-state index contributed by atoms with van der Waals surface area (Å²) in [4.78, 5) is 41.3. The Hall–Kier alpha value is -4.13. The maximum absolute atomic E-state index is 12.9. The van der Waals surface area contributed by atoms with Crippen molar-refractivity contribution in [2.45, 2.75) is 19.9 Å². The quantitative estimate of drug-likeness (QED) is 0.607. The monoisotopic (exact) mass is 442 g/mol. The Morgan fingerprint density at radius 1 is 0.848 bits per heavy atom. The molecule has 4 rings (SSSR count). The summed E-state index contributed by atoms with van der Waals surface area (Å²) in [6, 6.07) is 23.8. The Balaban J connectivity index is 1.44. The summed E-state index contributed by atoms with van der Waals surface area (Å²) < 4.78 is 0. The van der Waals surface area contributed by atoms with E-state index in [0.717, 1.165) is 12.0 Å². The van der Waals surface area contributed by atoms with Crippen LogP contribution in [0.1, 0.15) is 18.1 Å². The number of hydrogen-bond donors (Lipinski definition) is 2. The molecule has 0 aromatic heterocycles. The second kappa shape index (κ2) is 9.99. The Bertz CT molecular complexity index is 1150. The van der Waals surface area contributed by atoms with Gasteiger partial charge in [0.1, 0.15) is 13.1 Å². The van der Waals surface area contributed by atoms with Crippen molar-refractivity contribution in [3.8, 4) is 0 Å². The third kappa shape index (κ3) is 5.20. The molecule has 4 amide bonds. The first kappa shape index (κ1) is 22.1. The van der Waals surface area contributed by atoms with Crippen LogP contribution < -0.4 is 20.4 Å². The molecule has 0 aliphatic carbocycles. The number of rotatable bonds is 6. The fourth-order valence-electron chi connectivity index (χ4n) is 3.72. The van der Waals surface area contributed by atoms with E-state index in [0.29, 0.717) is 23.6 Å². The van der Waals surface area contributed by atoms with Crippen molar-refractivity contribution < 1.29 is 14.4 Å². The van der Waals surface area contributed by atoms with Crippen molar-refractivity contribution >= 4 is 34.9 Å². The molecule has 0 saturated carbocycles. The zero-order valence-corrected chi connectivity index (χ0v) is 18.5. The number of carbonyl (C=O) groups is 3. The van der Waals surface area contributed by atoms with Gasteiger partial charge in [-0.3, -0.25) is 19.4 Å². The molecule has 168 valence electrons. The molecule has 0 saturated heterocycles. The van der Waals surface area contributed by atoms with Crippen LogP contribution in [0.3, 0.4) is 0 Å². The molecule has 0 unspecified atom stereocenters. The van der Waals surface area contributed by atoms with Gasteiger partial charge in [-0.2, -0.15) is 0 Å². The van der Waals surface area contributed by atoms with Gasteiger partial charge in [-0.15, -0.1) is 0 Å². The molecule has 3 aromatic rings. The summed E-state index contributed by atoms with van der Waals surface area (Å²) in [6.07, 6.45) is 0.962. The molecule has 0 atom stereocenters. The molecular formula is C26H26N4O3. The normalized spacial score (nSPS) is 12.8. The zero-order valence-electron chi connectivity index (χ0n) is 18.5. The molecule has 1 aliphatic rings. The molecule has 0 bridgehead atoms. The third-order valence-corrected chi connectivity index (χ3v) is 5.55. The lowest BCUT2D eigenvalue weighted by Gasteiger charge is -2.35. The molecule has 7 nitrogen and oxygen atoms in total. The Labute approximate surface area is 193 Å². The van der Waals surface area contributed by atoms with Crippen molar-refractivity contribution in [3.63, 3.8) is 0 Å². The van der Waals surface area contributed by atoms with Crippen molar-refractivity contribution in [2.24, 2.45) is 0 Å². The summed E-state index contributed by atoms with van der Waals surface area (Å²) in [7, 11) is 0. The fraction of sp³-hybridized carbons (Fsp3) is 0.192. The number of nitrogens with zero attached hydrogens (tertiary/aromatic N) is 2. The van der Waals surface area contributed by atoms with E-state index < -0.39 is 6.03 Å². The standard InChI is InChI=1S/C26H26N4O3/c1-2-19-12-14-20(15-13-19)16-27-24(31)17-29-22-10-6-7-11-23(22)30(18-25(29)32)26(33)28-21-8-4-3-5-9-21/h3-15H,2,16-18H2,1H3,(H,27,31)(H,28,33). The number of hydrogen-bond acceptors (Lipinski definition) is 3. The number of urea groups is 1. The largest absolute Gasteiger partial charge is 0.350 e. The SMILES string of the molecule is CCc1ccc(CNC(=O)CN2C(=O)CN(C(=O)Nc3ccccc3)c3ccccc32)cc1. The van der Waals surface area contributed by atoms with Gasteiger partial charge in [0.2, 0.25) is 11.8 Å². The fourth-order valence-corrected chi connectivity index (χ4v) is 3.72. The highest BCUT2D eigenvalue weighted by atomic mass is 16.2. The van der Waals surface area contributed by atoms with Gasteiger partial charge in [0, 0.05) is 12.2 Å². The molecule has 0 spiro atoms. The Morgan fingerprint density at radius 3 is 2.18 bits per heavy atom. The molecule has 1 heterocycles. The summed E-state index contributed by atoms with van der Waals surface area (Å²) >= 11 is 0. The first-order valence-corrected chi connectivity index (χ1v) is 10.9. The van der Waals surface area contributed by atoms with Crippen LogP contribution in [0.15, 0.2) is 78.9 Å². The molecule has 1 aliphatic heterocycles. The minimum absolute atomic E-state index is 0.114. The number of nitrogens with one attached hydrogen (secondary N) is 2. The van der Waals surface area contributed by atoms with Gasteiger partial charge in [-0.1, -0.05) is 61.5 Å². The van der Waals surface area contributed by atoms with Gasteiger partial charge in [-0.05, 0) is 41.8 Å². The number of anilines is 3. The molecule has 0 radical (unpaired) electrons. The molecule has 3 aromatic carbocycles. The first-order chi connectivity index (χ1) is 16.0. The minimum Gasteiger partial charge on any atom is -0.350 e. The number of benzene rings is 3. The highest BCUT2D eigenvalue weighted by Gasteiger charge is 2.33. The molecule has 0 fully saturated rings. The van der Waals surface area contributed by atoms with Gasteiger partial charge >= 0.3 is 6.03 Å². The van der Waals surface area contributed by atoms with Gasteiger partial charge in [-0.25, -0.2) is 4.79 Å². The van der Waals surface area contributed by atoms with E-state index in [4.69, 9.17) is 0 Å². The topological polar surface area (TPSA) is 81.8 Å². The van der Waals surface area contributed by atoms with E-state index in [1.165, 1.54) is 15.4 Å². The van der Waals surface area contributed by atoms with Crippen molar-refractivity contribution in [1.29, 1.82) is 0 Å². The maximum Gasteiger partial charge on any atom is 0.326 e. The Kier molecular flexibility index (Phi) is 6.69. The predicted molar refractivity (Wildman–Crippen MR) is 129 cm³/mol. The number of amides is 4. The number of para-hydroxylation sites is 3. The van der Waals surface area contributed by atoms with E-state index in [-0.39, 0.29) is 24.9 Å². The molecular weight excluding hydrogens is 416 g/mol. The van der Waals surface area contributed by atoms with Crippen LogP contribution in [0, 0.1) is 0 Å². The van der Waals surface area contributed by atoms with E-state index in [9.17, 15) is 14.4 Å². The van der Waals surface area contributed by atoms with Crippen LogP contribution >= 0.6 is 0 Å². The van der Waals surface area contributed by atoms with Crippen LogP contribution in [0.5, 0.6) is 0 Å². The molecule has 2 N–H and O–H groups in total. The van der Waals surface area contributed by atoms with E-state index in [1.807, 2.05) is 42.5 Å². The summed E-state index contributed by atoms with van der Waals surface area (Å²) in [5.74, 6) is -0.584. The summed E-state index contributed by atoms with van der Waals surface area (Å²) in [5, 5.41) is 5.69. The lowest BCUT2D eigenvalue weighted by Crippen LogP contribution is -2.51. The minimum atomic E-state index is -0.401. The average Bonchev–Trinajstić information content (AvgIpc) is 2.85. The second-order valence-corrected chi connectivity index (χ2v) is 7.80. The number of aryl methyl sites for hydroxylation is 1. The van der Waals surface area contributed by atoms with Crippen LogP contribution in [-0.4, -0.2) is 30.9 Å². The smallest absolute Gasteiger partial charge is 0.326 e. The number of fused-ring (bicyclic) bond motifs is 1. The molecule has 7 heteroatoms. The van der Waals surface area contributed by atoms with Crippen LogP contribution in [0.25, 0.3) is 0 Å². The van der Waals surface area contributed by atoms with Gasteiger partial charge in [0.25, 0.3) is 0 Å². The van der Waals surface area contributed by atoms with E-state index in [2.05, 4.69) is 17.6 Å². The van der Waals surface area contributed by atoms with Crippen molar-refractivity contribution in [3.05, 3.63) is 90.0 Å². The van der Waals surface area contributed by atoms with E-state index in [1.54, 1.807) is 36.4 Å². The predicted octanol–water partition coefficient (Wildman–Crippen LogP) is 3.95. The molecule has 33 heavy (non-hydrogen) atoms. The summed E-state index contributed by atoms with van der Waals surface area (Å²) in [6.45, 7) is 2.22. The van der Waals surface area contributed by atoms with Crippen molar-refractivity contribution in [2.75, 3.05) is 28.2 Å². The van der Waals surface area contributed by atoms with Crippen LogP contribution in [-0.2, 0) is 22.6 Å². The van der Waals surface area contributed by atoms with Crippen molar-refractivity contribution in [1.82, 2.24) is 5.32 Å². The second-order valence-electron chi connectivity index (χ2n) is 7.80. The van der Waals surface area contributed by atoms with Crippen LogP contribution in [0.2, 0.25) is 0 Å². The third-order valence-electron chi connectivity index (χ3n) is 5.55. The van der Waals surface area contributed by atoms with Gasteiger partial charge in [0.15, 0.2) is 0 Å². The zero-order chi connectivity index (χ0) is 23.2. The lowest BCUT2D eigenvalue weighted by atomic mass is 10.1. The van der Waals surface area contributed by atoms with Gasteiger partial charge < -0.3 is 10.6 Å². The highest BCUT2D eigenvalue weighted by Crippen LogP contribution is 2.33. The highest BCUT2D eigenvalue weighted by molar-refractivity contribution is 6.14. The Morgan fingerprint density at radius 2 is 1.48 bits per heavy atom. The van der Waals surface area contributed by atoms with Gasteiger partial charge in [0.05, 0.1) is 11.4 Å². The summed E-state index contributed by atoms with van der Waals surface area (Å²) in [5.41, 5.74) is 3.98. The first-order valence-electron chi connectivity index (χ1n) is 10.9. The maximum atomic E-state index is 12.9. The average molecular weight is 443 g/mol. The van der Waals surface area contributed by atoms with Crippen LogP contribution in [0.4, 0.5) is 21.9 Å². The van der Waals surface area contributed by atoms with E-state index >= 15 is 0 Å². The lowest BCUT2D eigenvalue weighted by molar-refractivity contribution is -0.123.